The van der Waals surface area contributed by atoms with E-state index in [-0.39, 0.29) is 5.91 Å². The highest BCUT2D eigenvalue weighted by Crippen LogP contribution is 2.27. The van der Waals surface area contributed by atoms with Gasteiger partial charge in [-0.25, -0.2) is 0 Å². The standard InChI is InChI=1S/C13H16ClNO2/c1-9(13(16)15-8-10-6-7-10)17-12-5-3-2-4-11(12)14/h2-5,9-10H,6-8H2,1H3,(H,15,16). The summed E-state index contributed by atoms with van der Waals surface area (Å²) in [5, 5.41) is 3.40. The van der Waals surface area contributed by atoms with Gasteiger partial charge < -0.3 is 10.1 Å². The van der Waals surface area contributed by atoms with E-state index >= 15 is 0 Å². The third-order valence-electron chi connectivity index (χ3n) is 2.77. The van der Waals surface area contributed by atoms with Crippen LogP contribution in [0.1, 0.15) is 19.8 Å². The largest absolute Gasteiger partial charge is 0.479 e. The van der Waals surface area contributed by atoms with E-state index in [1.165, 1.54) is 12.8 Å². The molecule has 3 nitrogen and oxygen atoms in total. The van der Waals surface area contributed by atoms with Gasteiger partial charge in [0.1, 0.15) is 5.75 Å². The average Bonchev–Trinajstić information content (AvgIpc) is 3.13. The van der Waals surface area contributed by atoms with Gasteiger partial charge in [0.05, 0.1) is 5.02 Å². The van der Waals surface area contributed by atoms with Crippen LogP contribution in [0.2, 0.25) is 5.02 Å². The van der Waals surface area contributed by atoms with Crippen LogP contribution in [-0.2, 0) is 4.79 Å². The van der Waals surface area contributed by atoms with Crippen LogP contribution in [0.15, 0.2) is 24.3 Å². The summed E-state index contributed by atoms with van der Waals surface area (Å²) in [6, 6.07) is 7.15. The number of carbonyl (C=O) groups excluding carboxylic acids is 1. The molecule has 1 unspecified atom stereocenters. The van der Waals surface area contributed by atoms with Crippen molar-refractivity contribution >= 4 is 17.5 Å². The number of para-hydroxylation sites is 1. The third kappa shape index (κ3) is 3.63. The fraction of sp³-hybridized carbons (Fsp3) is 0.462. The van der Waals surface area contributed by atoms with E-state index in [0.29, 0.717) is 16.7 Å². The van der Waals surface area contributed by atoms with Crippen LogP contribution < -0.4 is 10.1 Å². The van der Waals surface area contributed by atoms with E-state index in [2.05, 4.69) is 5.32 Å². The van der Waals surface area contributed by atoms with Gasteiger partial charge in [-0.2, -0.15) is 0 Å². The Kier molecular flexibility index (Phi) is 3.89. The lowest BCUT2D eigenvalue weighted by Crippen LogP contribution is -2.37. The Hall–Kier alpha value is -1.22. The Bertz CT molecular complexity index is 404. The van der Waals surface area contributed by atoms with Crippen LogP contribution in [0.5, 0.6) is 5.75 Å². The molecule has 0 radical (unpaired) electrons. The van der Waals surface area contributed by atoms with E-state index in [0.717, 1.165) is 6.54 Å². The first-order valence-electron chi connectivity index (χ1n) is 5.85. The van der Waals surface area contributed by atoms with E-state index < -0.39 is 6.10 Å². The maximum absolute atomic E-state index is 11.7. The monoisotopic (exact) mass is 253 g/mol. The van der Waals surface area contributed by atoms with Gasteiger partial charge in [0, 0.05) is 6.54 Å². The van der Waals surface area contributed by atoms with E-state index in [1.807, 2.05) is 12.1 Å². The Morgan fingerprint density at radius 2 is 2.24 bits per heavy atom. The summed E-state index contributed by atoms with van der Waals surface area (Å²) in [5.74, 6) is 1.13. The molecule has 1 aromatic carbocycles. The van der Waals surface area contributed by atoms with Gasteiger partial charge >= 0.3 is 0 Å². The molecule has 1 aliphatic carbocycles. The zero-order valence-corrected chi connectivity index (χ0v) is 10.5. The quantitative estimate of drug-likeness (QED) is 0.876. The fourth-order valence-electron chi connectivity index (χ4n) is 1.49. The van der Waals surface area contributed by atoms with Gasteiger partial charge in [-0.3, -0.25) is 4.79 Å². The number of hydrogen-bond donors (Lipinski definition) is 1. The molecule has 0 heterocycles. The van der Waals surface area contributed by atoms with Crippen molar-refractivity contribution in [2.75, 3.05) is 6.54 Å². The first-order chi connectivity index (χ1) is 8.16. The second kappa shape index (κ2) is 5.41. The normalized spacial score (nSPS) is 16.4. The number of amides is 1. The summed E-state index contributed by atoms with van der Waals surface area (Å²) in [7, 11) is 0. The Labute approximate surface area is 106 Å². The Balaban J connectivity index is 1.84. The molecular formula is C13H16ClNO2. The third-order valence-corrected chi connectivity index (χ3v) is 3.08. The zero-order chi connectivity index (χ0) is 12.3. The molecule has 0 saturated heterocycles. The second-order valence-corrected chi connectivity index (χ2v) is 4.79. The number of rotatable bonds is 5. The maximum atomic E-state index is 11.7. The summed E-state index contributed by atoms with van der Waals surface area (Å²) >= 11 is 5.95. The molecule has 1 amide bonds. The molecule has 0 aromatic heterocycles. The number of ether oxygens (including phenoxy) is 1. The Morgan fingerprint density at radius 3 is 2.88 bits per heavy atom. The summed E-state index contributed by atoms with van der Waals surface area (Å²) in [5.41, 5.74) is 0. The summed E-state index contributed by atoms with van der Waals surface area (Å²) in [4.78, 5) is 11.7. The zero-order valence-electron chi connectivity index (χ0n) is 9.78. The molecule has 1 atom stereocenters. The smallest absolute Gasteiger partial charge is 0.260 e. The van der Waals surface area contributed by atoms with Crippen LogP contribution in [0, 0.1) is 5.92 Å². The van der Waals surface area contributed by atoms with Gasteiger partial charge in [-0.1, -0.05) is 23.7 Å². The first kappa shape index (κ1) is 12.2. The number of carbonyl (C=O) groups is 1. The minimum absolute atomic E-state index is 0.0863. The van der Waals surface area contributed by atoms with E-state index in [4.69, 9.17) is 16.3 Å². The van der Waals surface area contributed by atoms with Crippen molar-refractivity contribution in [3.8, 4) is 5.75 Å². The van der Waals surface area contributed by atoms with Crippen molar-refractivity contribution in [3.63, 3.8) is 0 Å². The summed E-state index contributed by atoms with van der Waals surface area (Å²) < 4.78 is 5.52. The molecule has 0 spiro atoms. The molecule has 4 heteroatoms. The second-order valence-electron chi connectivity index (χ2n) is 4.38. The number of halogens is 1. The van der Waals surface area contributed by atoms with Crippen molar-refractivity contribution in [3.05, 3.63) is 29.3 Å². The molecule has 1 aromatic rings. The van der Waals surface area contributed by atoms with Crippen LogP contribution >= 0.6 is 11.6 Å². The topological polar surface area (TPSA) is 38.3 Å². The molecule has 1 aliphatic rings. The van der Waals surface area contributed by atoms with Crippen LogP contribution in [0.3, 0.4) is 0 Å². The molecule has 2 rings (SSSR count). The van der Waals surface area contributed by atoms with Gasteiger partial charge in [0.25, 0.3) is 5.91 Å². The van der Waals surface area contributed by atoms with Crippen molar-refractivity contribution in [1.82, 2.24) is 5.32 Å². The van der Waals surface area contributed by atoms with Gasteiger partial charge in [0.2, 0.25) is 0 Å². The predicted molar refractivity (Wildman–Crippen MR) is 67.3 cm³/mol. The minimum atomic E-state index is -0.520. The highest BCUT2D eigenvalue weighted by atomic mass is 35.5. The number of nitrogens with one attached hydrogen (secondary N) is 1. The van der Waals surface area contributed by atoms with Crippen molar-refractivity contribution in [2.45, 2.75) is 25.9 Å². The average molecular weight is 254 g/mol. The van der Waals surface area contributed by atoms with Crippen LogP contribution in [0.25, 0.3) is 0 Å². The molecule has 92 valence electrons. The lowest BCUT2D eigenvalue weighted by Gasteiger charge is -2.15. The molecule has 1 saturated carbocycles. The number of benzene rings is 1. The highest BCUT2D eigenvalue weighted by Gasteiger charge is 2.23. The van der Waals surface area contributed by atoms with Gasteiger partial charge in [-0.15, -0.1) is 0 Å². The molecule has 0 bridgehead atoms. The van der Waals surface area contributed by atoms with Crippen LogP contribution in [-0.4, -0.2) is 18.6 Å². The van der Waals surface area contributed by atoms with Crippen molar-refractivity contribution in [1.29, 1.82) is 0 Å². The Morgan fingerprint density at radius 1 is 1.53 bits per heavy atom. The van der Waals surface area contributed by atoms with E-state index in [9.17, 15) is 4.79 Å². The van der Waals surface area contributed by atoms with Gasteiger partial charge in [0.15, 0.2) is 6.10 Å². The lowest BCUT2D eigenvalue weighted by atomic mass is 10.3. The molecular weight excluding hydrogens is 238 g/mol. The highest BCUT2D eigenvalue weighted by molar-refractivity contribution is 6.32. The summed E-state index contributed by atoms with van der Waals surface area (Å²) in [6.07, 6.45) is 1.92. The summed E-state index contributed by atoms with van der Waals surface area (Å²) in [6.45, 7) is 2.49. The number of hydrogen-bond acceptors (Lipinski definition) is 2. The van der Waals surface area contributed by atoms with E-state index in [1.54, 1.807) is 19.1 Å². The predicted octanol–water partition coefficient (Wildman–Crippen LogP) is 2.63. The maximum Gasteiger partial charge on any atom is 0.260 e. The lowest BCUT2D eigenvalue weighted by molar-refractivity contribution is -0.127. The minimum Gasteiger partial charge on any atom is -0.479 e. The molecule has 1 fully saturated rings. The van der Waals surface area contributed by atoms with Crippen LogP contribution in [0.4, 0.5) is 0 Å². The van der Waals surface area contributed by atoms with Crippen molar-refractivity contribution in [2.24, 2.45) is 5.92 Å². The van der Waals surface area contributed by atoms with Gasteiger partial charge in [-0.05, 0) is 37.8 Å². The molecule has 0 aliphatic heterocycles. The van der Waals surface area contributed by atoms with Crippen molar-refractivity contribution < 1.29 is 9.53 Å². The molecule has 1 N–H and O–H groups in total. The fourth-order valence-corrected chi connectivity index (χ4v) is 1.68. The SMILES string of the molecule is CC(Oc1ccccc1Cl)C(=O)NCC1CC1. The molecule has 17 heavy (non-hydrogen) atoms. The first-order valence-corrected chi connectivity index (χ1v) is 6.23.